The van der Waals surface area contributed by atoms with Gasteiger partial charge in [-0.3, -0.25) is 9.35 Å². The van der Waals surface area contributed by atoms with E-state index in [9.17, 15) is 13.2 Å². The lowest BCUT2D eigenvalue weighted by atomic mass is 10.0. The van der Waals surface area contributed by atoms with Crippen LogP contribution in [0.3, 0.4) is 0 Å². The molecule has 0 aromatic carbocycles. The maximum Gasteiger partial charge on any atom is 0.264 e. The summed E-state index contributed by atoms with van der Waals surface area (Å²) in [5, 5.41) is 1.98. The minimum atomic E-state index is -3.69. The number of Topliss-reactive ketones (excluding diaryl/α,β-unsaturated/α-hetero) is 1. The molecule has 1 aliphatic carbocycles. The summed E-state index contributed by atoms with van der Waals surface area (Å²) in [6, 6.07) is 3.94. The number of carbonyl (C=O) groups is 1. The van der Waals surface area contributed by atoms with Crippen molar-refractivity contribution >= 4 is 27.2 Å². The van der Waals surface area contributed by atoms with Gasteiger partial charge >= 0.3 is 0 Å². The van der Waals surface area contributed by atoms with E-state index in [0.29, 0.717) is 12.8 Å². The molecule has 0 atom stereocenters. The maximum absolute atomic E-state index is 10.5. The molecule has 6 heteroatoms. The fourth-order valence-corrected chi connectivity index (χ4v) is 3.48. The molecule has 1 fully saturated rings. The lowest BCUT2D eigenvalue weighted by molar-refractivity contribution is -0.116. The van der Waals surface area contributed by atoms with Gasteiger partial charge in [-0.05, 0) is 24.8 Å². The first kappa shape index (κ1) is 22.3. The predicted molar refractivity (Wildman–Crippen MR) is 97.7 cm³/mol. The fraction of sp³-hybridized carbons (Fsp3) is 0.706. The van der Waals surface area contributed by atoms with Crippen LogP contribution in [0.4, 0.5) is 0 Å². The number of hydrogen-bond acceptors (Lipinski definition) is 4. The Labute approximate surface area is 145 Å². The Morgan fingerprint density at radius 2 is 1.70 bits per heavy atom. The van der Waals surface area contributed by atoms with E-state index in [0.717, 1.165) is 11.3 Å². The molecule has 0 aliphatic heterocycles. The Kier molecular flexibility index (Phi) is 13.3. The first-order valence-corrected chi connectivity index (χ1v) is 10.8. The molecule has 134 valence electrons. The van der Waals surface area contributed by atoms with Crippen molar-refractivity contribution < 1.29 is 17.8 Å². The minimum absolute atomic E-state index is 0.108. The van der Waals surface area contributed by atoms with E-state index < -0.39 is 10.1 Å². The molecular weight excluding hydrogens is 332 g/mol. The van der Waals surface area contributed by atoms with Crippen LogP contribution in [0.1, 0.15) is 70.1 Å². The molecule has 0 spiro atoms. The van der Waals surface area contributed by atoms with Gasteiger partial charge in [-0.15, -0.1) is 11.3 Å². The van der Waals surface area contributed by atoms with E-state index in [1.165, 1.54) is 38.5 Å². The molecule has 1 N–H and O–H groups in total. The van der Waals surface area contributed by atoms with E-state index in [4.69, 9.17) is 4.55 Å². The van der Waals surface area contributed by atoms with Crippen LogP contribution in [-0.2, 0) is 21.3 Å². The first-order chi connectivity index (χ1) is 10.8. The van der Waals surface area contributed by atoms with Gasteiger partial charge in [0.05, 0.1) is 5.75 Å². The van der Waals surface area contributed by atoms with Crippen LogP contribution in [0.2, 0.25) is 0 Å². The summed E-state index contributed by atoms with van der Waals surface area (Å²) in [6.07, 6.45) is 10.9. The Bertz CT molecular complexity index is 477. The number of rotatable bonds is 5. The van der Waals surface area contributed by atoms with Crippen molar-refractivity contribution in [3.63, 3.8) is 0 Å². The average molecular weight is 363 g/mol. The highest BCUT2D eigenvalue weighted by atomic mass is 32.2. The first-order valence-electron chi connectivity index (χ1n) is 8.32. The third-order valence-electron chi connectivity index (χ3n) is 3.26. The van der Waals surface area contributed by atoms with Gasteiger partial charge in [0.15, 0.2) is 0 Å². The number of hydrogen-bond donors (Lipinski definition) is 1. The van der Waals surface area contributed by atoms with E-state index in [1.807, 2.05) is 24.4 Å². The monoisotopic (exact) mass is 362 g/mol. The third-order valence-corrected chi connectivity index (χ3v) is 4.94. The number of thiophene rings is 1. The number of carbonyl (C=O) groups excluding carboxylic acids is 1. The second-order valence-corrected chi connectivity index (χ2v) is 8.32. The summed E-state index contributed by atoms with van der Waals surface area (Å²) in [4.78, 5) is 11.7. The molecular formula is C17H30O4S2. The summed E-state index contributed by atoms with van der Waals surface area (Å²) in [5.74, 6) is 0.126. The van der Waals surface area contributed by atoms with Gasteiger partial charge in [-0.1, -0.05) is 57.9 Å². The van der Waals surface area contributed by atoms with Crippen molar-refractivity contribution in [1.82, 2.24) is 0 Å². The van der Waals surface area contributed by atoms with Crippen molar-refractivity contribution in [3.05, 3.63) is 22.4 Å². The van der Waals surface area contributed by atoms with Crippen molar-refractivity contribution in [2.24, 2.45) is 0 Å². The molecule has 1 saturated carbocycles. The Balaban J connectivity index is 0.000000322. The highest BCUT2D eigenvalue weighted by molar-refractivity contribution is 7.85. The lowest BCUT2D eigenvalue weighted by Gasteiger charge is -2.05. The molecule has 23 heavy (non-hydrogen) atoms. The van der Waals surface area contributed by atoms with E-state index >= 15 is 0 Å². The molecule has 0 amide bonds. The fourth-order valence-electron chi connectivity index (χ4n) is 2.05. The van der Waals surface area contributed by atoms with Crippen molar-refractivity contribution in [1.29, 1.82) is 0 Å². The van der Waals surface area contributed by atoms with E-state index in [1.54, 1.807) is 18.3 Å². The Morgan fingerprint density at radius 3 is 1.96 bits per heavy atom. The quantitative estimate of drug-likeness (QED) is 0.757. The van der Waals surface area contributed by atoms with Crippen LogP contribution in [0, 0.1) is 0 Å². The van der Waals surface area contributed by atoms with Crippen molar-refractivity contribution in [3.8, 4) is 0 Å². The number of unbranched alkanes of at least 4 members (excludes halogenated alkanes) is 1. The van der Waals surface area contributed by atoms with Gasteiger partial charge in [0, 0.05) is 11.3 Å². The highest BCUT2D eigenvalue weighted by Crippen LogP contribution is 2.15. The summed E-state index contributed by atoms with van der Waals surface area (Å²) < 4.78 is 28.0. The SMILES string of the molecule is C1CCCCC1.CC(=O)Cc1cccs1.CCCCS(=O)(=O)O. The van der Waals surface area contributed by atoms with Gasteiger partial charge in [-0.2, -0.15) is 8.42 Å². The zero-order chi connectivity index (χ0) is 17.6. The second-order valence-electron chi connectivity index (χ2n) is 5.72. The molecule has 1 heterocycles. The maximum atomic E-state index is 10.5. The number of ketones is 1. The zero-order valence-corrected chi connectivity index (χ0v) is 15.9. The van der Waals surface area contributed by atoms with Gasteiger partial charge < -0.3 is 0 Å². The minimum Gasteiger partial charge on any atom is -0.300 e. The molecule has 0 radical (unpaired) electrons. The predicted octanol–water partition coefficient (Wildman–Crippen LogP) is 4.89. The smallest absolute Gasteiger partial charge is 0.264 e. The van der Waals surface area contributed by atoms with Crippen LogP contribution in [-0.4, -0.2) is 24.5 Å². The van der Waals surface area contributed by atoms with Gasteiger partial charge in [0.1, 0.15) is 5.78 Å². The van der Waals surface area contributed by atoms with Crippen LogP contribution >= 0.6 is 11.3 Å². The molecule has 4 nitrogen and oxygen atoms in total. The summed E-state index contributed by atoms with van der Waals surface area (Å²) in [6.45, 7) is 3.48. The van der Waals surface area contributed by atoms with Gasteiger partial charge in [0.25, 0.3) is 10.1 Å². The van der Waals surface area contributed by atoms with Gasteiger partial charge in [-0.25, -0.2) is 0 Å². The van der Waals surface area contributed by atoms with Crippen LogP contribution in [0.15, 0.2) is 17.5 Å². The standard InChI is InChI=1S/C7H8OS.C6H12.C4H10O3S/c1-6(8)5-7-3-2-4-9-7;1-2-4-6-5-3-1;1-2-3-4-8(5,6)7/h2-4H,5H2,1H3;1-6H2;2-4H2,1H3,(H,5,6,7). The zero-order valence-electron chi connectivity index (χ0n) is 14.3. The van der Waals surface area contributed by atoms with Gasteiger partial charge in [0.2, 0.25) is 0 Å². The normalized spacial score (nSPS) is 14.0. The Morgan fingerprint density at radius 1 is 1.17 bits per heavy atom. The topological polar surface area (TPSA) is 71.4 Å². The van der Waals surface area contributed by atoms with Crippen LogP contribution in [0.25, 0.3) is 0 Å². The largest absolute Gasteiger partial charge is 0.300 e. The molecule has 0 saturated heterocycles. The van der Waals surface area contributed by atoms with E-state index in [-0.39, 0.29) is 11.5 Å². The lowest BCUT2D eigenvalue weighted by Crippen LogP contribution is -2.02. The summed E-state index contributed by atoms with van der Waals surface area (Å²) in [7, 11) is -3.69. The van der Waals surface area contributed by atoms with Crippen molar-refractivity contribution in [2.75, 3.05) is 5.75 Å². The third kappa shape index (κ3) is 17.5. The highest BCUT2D eigenvalue weighted by Gasteiger charge is 2.00. The molecule has 1 aliphatic rings. The molecule has 1 aromatic rings. The van der Waals surface area contributed by atoms with E-state index in [2.05, 4.69) is 0 Å². The van der Waals surface area contributed by atoms with Crippen molar-refractivity contribution in [2.45, 2.75) is 71.6 Å². The van der Waals surface area contributed by atoms with Crippen LogP contribution in [0.5, 0.6) is 0 Å². The molecule has 0 unspecified atom stereocenters. The molecule has 0 bridgehead atoms. The van der Waals surface area contributed by atoms with Crippen LogP contribution < -0.4 is 0 Å². The summed E-state index contributed by atoms with van der Waals surface area (Å²) in [5.41, 5.74) is 0. The Hall–Kier alpha value is -0.720. The second kappa shape index (κ2) is 13.7. The molecule has 1 aromatic heterocycles. The average Bonchev–Trinajstić information content (AvgIpc) is 3.00. The summed E-state index contributed by atoms with van der Waals surface area (Å²) >= 11 is 1.63. The molecule has 2 rings (SSSR count).